The summed E-state index contributed by atoms with van der Waals surface area (Å²) < 4.78 is 0. The number of aliphatic hydroxyl groups is 1. The molecule has 0 bridgehead atoms. The van der Waals surface area contributed by atoms with Crippen LogP contribution < -0.4 is 10.2 Å². The fourth-order valence-corrected chi connectivity index (χ4v) is 3.96. The average Bonchev–Trinajstić information content (AvgIpc) is 3.09. The molecule has 1 aliphatic heterocycles. The quantitative estimate of drug-likeness (QED) is 0.790. The molecule has 7 heteroatoms. The van der Waals surface area contributed by atoms with Gasteiger partial charge >= 0.3 is 0 Å². The van der Waals surface area contributed by atoms with Gasteiger partial charge < -0.3 is 15.3 Å². The van der Waals surface area contributed by atoms with Gasteiger partial charge in [-0.3, -0.25) is 4.90 Å². The SMILES string of the molecule is CC(C)Nc1cc(N2CCN(Cc3cccs3)C(CCO)C2)ncn1. The standard InChI is InChI=1S/C18H27N5OS/c1-14(2)21-17-10-18(20-13-19-17)23-7-6-22(15(11-23)5-8-24)12-16-4-3-9-25-16/h3-4,9-10,13-15,24H,5-8,11-12H2,1-2H3,(H,19,20,21). The van der Waals surface area contributed by atoms with Crippen molar-refractivity contribution in [2.24, 2.45) is 0 Å². The number of piperazine rings is 1. The van der Waals surface area contributed by atoms with E-state index in [0.717, 1.165) is 44.2 Å². The maximum Gasteiger partial charge on any atom is 0.134 e. The Labute approximate surface area is 153 Å². The van der Waals surface area contributed by atoms with Crippen molar-refractivity contribution < 1.29 is 5.11 Å². The van der Waals surface area contributed by atoms with E-state index < -0.39 is 0 Å². The van der Waals surface area contributed by atoms with Gasteiger partial charge in [0.25, 0.3) is 0 Å². The van der Waals surface area contributed by atoms with Gasteiger partial charge in [-0.15, -0.1) is 11.3 Å². The number of nitrogens with zero attached hydrogens (tertiary/aromatic N) is 4. The van der Waals surface area contributed by atoms with Crippen LogP contribution in [0.1, 0.15) is 25.1 Å². The normalized spacial score (nSPS) is 18.7. The molecule has 136 valence electrons. The van der Waals surface area contributed by atoms with Gasteiger partial charge in [-0.2, -0.15) is 0 Å². The highest BCUT2D eigenvalue weighted by Gasteiger charge is 2.27. The number of aliphatic hydroxyl groups excluding tert-OH is 1. The zero-order valence-electron chi connectivity index (χ0n) is 14.9. The molecule has 1 fully saturated rings. The molecule has 2 N–H and O–H groups in total. The maximum absolute atomic E-state index is 9.48. The molecule has 3 heterocycles. The van der Waals surface area contributed by atoms with Crippen LogP contribution in [0.25, 0.3) is 0 Å². The second-order valence-corrected chi connectivity index (χ2v) is 7.75. The number of hydrogen-bond acceptors (Lipinski definition) is 7. The molecule has 3 rings (SSSR count). The molecule has 0 aromatic carbocycles. The Hall–Kier alpha value is -1.70. The van der Waals surface area contributed by atoms with E-state index in [9.17, 15) is 5.11 Å². The number of anilines is 2. The van der Waals surface area contributed by atoms with Crippen molar-refractivity contribution >= 4 is 23.0 Å². The molecule has 1 aliphatic rings. The molecular weight excluding hydrogens is 334 g/mol. The summed E-state index contributed by atoms with van der Waals surface area (Å²) >= 11 is 1.79. The van der Waals surface area contributed by atoms with E-state index in [4.69, 9.17) is 0 Å². The Kier molecular flexibility index (Phi) is 6.23. The number of aromatic nitrogens is 2. The van der Waals surface area contributed by atoms with Crippen molar-refractivity contribution in [3.05, 3.63) is 34.8 Å². The molecule has 0 aliphatic carbocycles. The summed E-state index contributed by atoms with van der Waals surface area (Å²) in [6.45, 7) is 8.16. The van der Waals surface area contributed by atoms with Crippen molar-refractivity contribution in [3.63, 3.8) is 0 Å². The molecule has 0 saturated carbocycles. The van der Waals surface area contributed by atoms with E-state index in [1.165, 1.54) is 4.88 Å². The van der Waals surface area contributed by atoms with Crippen molar-refractivity contribution in [1.29, 1.82) is 0 Å². The molecule has 2 aromatic rings. The van der Waals surface area contributed by atoms with Gasteiger partial charge in [0, 0.05) is 55.8 Å². The van der Waals surface area contributed by atoms with Crippen molar-refractivity contribution in [3.8, 4) is 0 Å². The summed E-state index contributed by atoms with van der Waals surface area (Å²) in [7, 11) is 0. The summed E-state index contributed by atoms with van der Waals surface area (Å²) in [5, 5.41) is 14.9. The number of thiophene rings is 1. The highest BCUT2D eigenvalue weighted by Crippen LogP contribution is 2.23. The fraction of sp³-hybridized carbons (Fsp3) is 0.556. The first kappa shape index (κ1) is 18.1. The second-order valence-electron chi connectivity index (χ2n) is 6.72. The van der Waals surface area contributed by atoms with E-state index in [-0.39, 0.29) is 6.61 Å². The third-order valence-electron chi connectivity index (χ3n) is 4.42. The molecule has 1 saturated heterocycles. The van der Waals surface area contributed by atoms with Crippen LogP contribution in [-0.2, 0) is 6.54 Å². The third kappa shape index (κ3) is 4.90. The third-order valence-corrected chi connectivity index (χ3v) is 5.28. The average molecular weight is 362 g/mol. The Morgan fingerprint density at radius 3 is 2.96 bits per heavy atom. The second kappa shape index (κ2) is 8.60. The van der Waals surface area contributed by atoms with Gasteiger partial charge in [0.05, 0.1) is 0 Å². The van der Waals surface area contributed by atoms with Crippen molar-refractivity contribution in [2.75, 3.05) is 36.5 Å². The van der Waals surface area contributed by atoms with E-state index >= 15 is 0 Å². The van der Waals surface area contributed by atoms with Gasteiger partial charge in [-0.05, 0) is 31.7 Å². The Morgan fingerprint density at radius 2 is 2.24 bits per heavy atom. The molecule has 0 radical (unpaired) electrons. The number of rotatable bonds is 7. The van der Waals surface area contributed by atoms with Gasteiger partial charge in [-0.25, -0.2) is 9.97 Å². The molecule has 1 unspecified atom stereocenters. The lowest BCUT2D eigenvalue weighted by Crippen LogP contribution is -2.53. The summed E-state index contributed by atoms with van der Waals surface area (Å²) in [4.78, 5) is 14.9. The van der Waals surface area contributed by atoms with Crippen LogP contribution in [0.5, 0.6) is 0 Å². The summed E-state index contributed by atoms with van der Waals surface area (Å²) in [5.74, 6) is 1.82. The smallest absolute Gasteiger partial charge is 0.134 e. The van der Waals surface area contributed by atoms with Crippen LogP contribution in [0.2, 0.25) is 0 Å². The summed E-state index contributed by atoms with van der Waals surface area (Å²) in [6.07, 6.45) is 2.41. The van der Waals surface area contributed by atoms with Crippen LogP contribution in [0.15, 0.2) is 29.9 Å². The lowest BCUT2D eigenvalue weighted by Gasteiger charge is -2.41. The van der Waals surface area contributed by atoms with E-state index in [2.05, 4.69) is 56.4 Å². The molecule has 0 spiro atoms. The molecule has 1 atom stereocenters. The van der Waals surface area contributed by atoms with Gasteiger partial charge in [0.1, 0.15) is 18.0 Å². The Balaban J connectivity index is 1.68. The Bertz CT molecular complexity index is 649. The topological polar surface area (TPSA) is 64.5 Å². The Morgan fingerprint density at radius 1 is 1.36 bits per heavy atom. The number of nitrogens with one attached hydrogen (secondary N) is 1. The minimum atomic E-state index is 0.212. The first-order valence-electron chi connectivity index (χ1n) is 8.86. The fourth-order valence-electron chi connectivity index (χ4n) is 3.23. The highest BCUT2D eigenvalue weighted by atomic mass is 32.1. The molecule has 6 nitrogen and oxygen atoms in total. The minimum absolute atomic E-state index is 0.212. The lowest BCUT2D eigenvalue weighted by molar-refractivity contribution is 0.136. The summed E-state index contributed by atoms with van der Waals surface area (Å²) in [6, 6.07) is 6.97. The van der Waals surface area contributed by atoms with Gasteiger partial charge in [0.15, 0.2) is 0 Å². The van der Waals surface area contributed by atoms with Gasteiger partial charge in [-0.1, -0.05) is 6.07 Å². The predicted octanol–water partition coefficient (Wildman–Crippen LogP) is 2.43. The van der Waals surface area contributed by atoms with E-state index in [0.29, 0.717) is 12.1 Å². The zero-order valence-corrected chi connectivity index (χ0v) is 15.7. The van der Waals surface area contributed by atoms with Crippen LogP contribution in [-0.4, -0.2) is 58.3 Å². The molecule has 0 amide bonds. The van der Waals surface area contributed by atoms with Crippen LogP contribution in [0.3, 0.4) is 0 Å². The first-order chi connectivity index (χ1) is 12.2. The largest absolute Gasteiger partial charge is 0.396 e. The highest BCUT2D eigenvalue weighted by molar-refractivity contribution is 7.09. The van der Waals surface area contributed by atoms with E-state index in [1.807, 2.05) is 6.07 Å². The predicted molar refractivity (Wildman–Crippen MR) is 103 cm³/mol. The van der Waals surface area contributed by atoms with Crippen LogP contribution in [0, 0.1) is 0 Å². The minimum Gasteiger partial charge on any atom is -0.396 e. The molecule has 25 heavy (non-hydrogen) atoms. The number of hydrogen-bond donors (Lipinski definition) is 2. The monoisotopic (exact) mass is 361 g/mol. The maximum atomic E-state index is 9.48. The first-order valence-corrected chi connectivity index (χ1v) is 9.74. The van der Waals surface area contributed by atoms with Crippen molar-refractivity contribution in [2.45, 2.75) is 38.9 Å². The lowest BCUT2D eigenvalue weighted by atomic mass is 10.1. The summed E-state index contributed by atoms with van der Waals surface area (Å²) in [5.41, 5.74) is 0. The molecule has 2 aromatic heterocycles. The zero-order chi connectivity index (χ0) is 17.6. The molecular formula is C18H27N5OS. The van der Waals surface area contributed by atoms with Crippen molar-refractivity contribution in [1.82, 2.24) is 14.9 Å². The van der Waals surface area contributed by atoms with Crippen LogP contribution >= 0.6 is 11.3 Å². The van der Waals surface area contributed by atoms with E-state index in [1.54, 1.807) is 17.7 Å². The van der Waals surface area contributed by atoms with Gasteiger partial charge in [0.2, 0.25) is 0 Å². The van der Waals surface area contributed by atoms with Crippen LogP contribution in [0.4, 0.5) is 11.6 Å².